The molecule has 7 heteroatoms. The zero-order valence-electron chi connectivity index (χ0n) is 16.2. The number of thioether (sulfide) groups is 1. The molecule has 0 bridgehead atoms. The first-order valence-corrected chi connectivity index (χ1v) is 9.61. The van der Waals surface area contributed by atoms with Gasteiger partial charge in [-0.3, -0.25) is 4.79 Å². The Labute approximate surface area is 168 Å². The van der Waals surface area contributed by atoms with Crippen molar-refractivity contribution in [3.05, 3.63) is 52.4 Å². The van der Waals surface area contributed by atoms with Gasteiger partial charge in [0.25, 0.3) is 5.91 Å². The maximum atomic E-state index is 12.4. The molecular weight excluding hydrogens is 376 g/mol. The second-order valence-corrected chi connectivity index (χ2v) is 6.95. The van der Waals surface area contributed by atoms with E-state index in [9.17, 15) is 4.79 Å². The lowest BCUT2D eigenvalue weighted by atomic mass is 10.1. The van der Waals surface area contributed by atoms with E-state index < -0.39 is 0 Å². The van der Waals surface area contributed by atoms with E-state index in [2.05, 4.69) is 10.3 Å². The van der Waals surface area contributed by atoms with E-state index in [1.54, 1.807) is 20.3 Å². The van der Waals surface area contributed by atoms with Crippen LogP contribution >= 0.6 is 11.8 Å². The minimum absolute atomic E-state index is 0.190. The Hall–Kier alpha value is -2.93. The third-order valence-electron chi connectivity index (χ3n) is 4.13. The Kier molecular flexibility index (Phi) is 6.26. The predicted molar refractivity (Wildman–Crippen MR) is 113 cm³/mol. The number of hydrogen-bond donors (Lipinski definition) is 1. The fraction of sp³-hybridized carbons (Fsp3) is 0.238. The standard InChI is InChI=1S/C21H22N2O4S/c1-5-27-16-9-7-15(8-10-16)22-21-23-20(24)18(28-21)12-14-6-11-17(25-3)13(2)19(14)26-4/h6-12H,5H2,1-4H3,(H,22,23,24)/b18-12+. The van der Waals surface area contributed by atoms with E-state index in [4.69, 9.17) is 14.2 Å². The van der Waals surface area contributed by atoms with Gasteiger partial charge in [-0.15, -0.1) is 0 Å². The van der Waals surface area contributed by atoms with Crippen LogP contribution in [0.15, 0.2) is 46.3 Å². The highest BCUT2D eigenvalue weighted by atomic mass is 32.2. The summed E-state index contributed by atoms with van der Waals surface area (Å²) < 4.78 is 16.3. The molecule has 1 aliphatic heterocycles. The molecule has 0 aliphatic carbocycles. The van der Waals surface area contributed by atoms with Crippen molar-refractivity contribution in [2.45, 2.75) is 13.8 Å². The number of ether oxygens (including phenoxy) is 3. The van der Waals surface area contributed by atoms with E-state index in [-0.39, 0.29) is 5.91 Å². The molecule has 2 aromatic carbocycles. The number of rotatable bonds is 6. The smallest absolute Gasteiger partial charge is 0.264 e. The highest BCUT2D eigenvalue weighted by molar-refractivity contribution is 8.18. The second kappa shape index (κ2) is 8.84. The van der Waals surface area contributed by atoms with Crippen LogP contribution < -0.4 is 19.5 Å². The Balaban J connectivity index is 1.83. The fourth-order valence-electron chi connectivity index (χ4n) is 2.82. The number of hydrogen-bond acceptors (Lipinski definition) is 6. The first-order valence-electron chi connectivity index (χ1n) is 8.79. The van der Waals surface area contributed by atoms with E-state index >= 15 is 0 Å². The summed E-state index contributed by atoms with van der Waals surface area (Å²) in [4.78, 5) is 17.4. The molecule has 1 heterocycles. The molecule has 0 unspecified atom stereocenters. The topological polar surface area (TPSA) is 69.2 Å². The molecule has 1 amide bonds. The van der Waals surface area contributed by atoms with Crippen molar-refractivity contribution in [1.82, 2.24) is 5.32 Å². The van der Waals surface area contributed by atoms with Crippen LogP contribution in [0.4, 0.5) is 5.69 Å². The maximum Gasteiger partial charge on any atom is 0.264 e. The highest BCUT2D eigenvalue weighted by Gasteiger charge is 2.24. The van der Waals surface area contributed by atoms with Crippen LogP contribution in [0.5, 0.6) is 17.2 Å². The van der Waals surface area contributed by atoms with E-state index in [0.717, 1.165) is 28.3 Å². The minimum atomic E-state index is -0.190. The number of nitrogens with one attached hydrogen (secondary N) is 1. The molecule has 6 nitrogen and oxygen atoms in total. The molecule has 1 aliphatic rings. The first-order chi connectivity index (χ1) is 13.5. The van der Waals surface area contributed by atoms with Crippen LogP contribution in [0.1, 0.15) is 18.1 Å². The molecule has 3 rings (SSSR count). The lowest BCUT2D eigenvalue weighted by Gasteiger charge is -2.12. The third-order valence-corrected chi connectivity index (χ3v) is 5.04. The van der Waals surface area contributed by atoms with Gasteiger partial charge in [-0.25, -0.2) is 4.99 Å². The van der Waals surface area contributed by atoms with Crippen molar-refractivity contribution in [3.63, 3.8) is 0 Å². The summed E-state index contributed by atoms with van der Waals surface area (Å²) in [5, 5.41) is 3.33. The van der Waals surface area contributed by atoms with Crippen molar-refractivity contribution in [3.8, 4) is 17.2 Å². The molecule has 0 aromatic heterocycles. The van der Waals surface area contributed by atoms with Crippen LogP contribution in [0.25, 0.3) is 6.08 Å². The van der Waals surface area contributed by atoms with Crippen molar-refractivity contribution in [2.75, 3.05) is 20.8 Å². The first kappa shape index (κ1) is 19.8. The largest absolute Gasteiger partial charge is 0.496 e. The van der Waals surface area contributed by atoms with Gasteiger partial charge in [-0.2, -0.15) is 0 Å². The molecule has 146 valence electrons. The average molecular weight is 398 g/mol. The van der Waals surface area contributed by atoms with Crippen molar-refractivity contribution in [2.24, 2.45) is 4.99 Å². The van der Waals surface area contributed by atoms with Gasteiger partial charge in [-0.05, 0) is 68.1 Å². The Morgan fingerprint density at radius 2 is 1.86 bits per heavy atom. The van der Waals surface area contributed by atoms with Crippen molar-refractivity contribution >= 4 is 34.6 Å². The number of carbonyl (C=O) groups excluding carboxylic acids is 1. The number of methoxy groups -OCH3 is 2. The van der Waals surface area contributed by atoms with Crippen molar-refractivity contribution < 1.29 is 19.0 Å². The molecule has 0 spiro atoms. The van der Waals surface area contributed by atoms with Gasteiger partial charge in [0.2, 0.25) is 0 Å². The SMILES string of the molecule is CCOc1ccc(N=C2NC(=O)/C(=C\c3ccc(OC)c(C)c3OC)S2)cc1. The van der Waals surface area contributed by atoms with E-state index in [0.29, 0.717) is 22.4 Å². The van der Waals surface area contributed by atoms with Crippen molar-refractivity contribution in [1.29, 1.82) is 0 Å². The molecular formula is C21H22N2O4S. The van der Waals surface area contributed by atoms with Crippen LogP contribution in [-0.4, -0.2) is 31.9 Å². The fourth-order valence-corrected chi connectivity index (χ4v) is 3.66. The molecule has 28 heavy (non-hydrogen) atoms. The number of amidine groups is 1. The summed E-state index contributed by atoms with van der Waals surface area (Å²) in [6.07, 6.45) is 1.80. The molecule has 0 atom stereocenters. The lowest BCUT2D eigenvalue weighted by molar-refractivity contribution is -0.115. The number of amides is 1. The van der Waals surface area contributed by atoms with Gasteiger partial charge >= 0.3 is 0 Å². The van der Waals surface area contributed by atoms with Gasteiger partial charge in [0.1, 0.15) is 17.2 Å². The molecule has 0 saturated carbocycles. The van der Waals surface area contributed by atoms with Gasteiger partial charge in [0.15, 0.2) is 5.17 Å². The van der Waals surface area contributed by atoms with Gasteiger partial charge in [0, 0.05) is 11.1 Å². The Morgan fingerprint density at radius 3 is 2.50 bits per heavy atom. The normalized spacial score (nSPS) is 16.4. The van der Waals surface area contributed by atoms with Crippen LogP contribution in [0.3, 0.4) is 0 Å². The van der Waals surface area contributed by atoms with Gasteiger partial charge in [0.05, 0.1) is 31.4 Å². The lowest BCUT2D eigenvalue weighted by Crippen LogP contribution is -2.19. The molecule has 0 radical (unpaired) electrons. The summed E-state index contributed by atoms with van der Waals surface area (Å²) >= 11 is 1.29. The molecule has 1 N–H and O–H groups in total. The van der Waals surface area contributed by atoms with Crippen LogP contribution in [0.2, 0.25) is 0 Å². The Bertz CT molecular complexity index is 936. The quantitative estimate of drug-likeness (QED) is 0.735. The molecule has 2 aromatic rings. The predicted octanol–water partition coefficient (Wildman–Crippen LogP) is 4.30. The van der Waals surface area contributed by atoms with E-state index in [1.165, 1.54) is 11.8 Å². The van der Waals surface area contributed by atoms with Gasteiger partial charge in [-0.1, -0.05) is 0 Å². The summed E-state index contributed by atoms with van der Waals surface area (Å²) in [6.45, 7) is 4.47. The summed E-state index contributed by atoms with van der Waals surface area (Å²) in [5.41, 5.74) is 2.43. The van der Waals surface area contributed by atoms with Crippen LogP contribution in [0, 0.1) is 6.92 Å². The van der Waals surface area contributed by atoms with E-state index in [1.807, 2.05) is 50.2 Å². The average Bonchev–Trinajstić information content (AvgIpc) is 3.03. The zero-order chi connectivity index (χ0) is 20.1. The molecule has 1 saturated heterocycles. The summed E-state index contributed by atoms with van der Waals surface area (Å²) in [5.74, 6) is 2.01. The Morgan fingerprint density at radius 1 is 1.11 bits per heavy atom. The zero-order valence-corrected chi connectivity index (χ0v) is 17.1. The molecule has 1 fully saturated rings. The summed E-state index contributed by atoms with van der Waals surface area (Å²) in [6, 6.07) is 11.1. The highest BCUT2D eigenvalue weighted by Crippen LogP contribution is 2.35. The second-order valence-electron chi connectivity index (χ2n) is 5.92. The number of carbonyl (C=O) groups is 1. The van der Waals surface area contributed by atoms with Gasteiger partial charge < -0.3 is 19.5 Å². The van der Waals surface area contributed by atoms with Crippen LogP contribution in [-0.2, 0) is 4.79 Å². The number of nitrogens with zero attached hydrogens (tertiary/aromatic N) is 1. The number of benzene rings is 2. The summed E-state index contributed by atoms with van der Waals surface area (Å²) in [7, 11) is 3.22. The monoisotopic (exact) mass is 398 g/mol. The third kappa shape index (κ3) is 4.31. The maximum absolute atomic E-state index is 12.4. The number of aliphatic imine (C=N–C) groups is 1. The minimum Gasteiger partial charge on any atom is -0.496 e.